The van der Waals surface area contributed by atoms with Gasteiger partial charge in [-0.15, -0.1) is 5.10 Å². The van der Waals surface area contributed by atoms with Crippen molar-refractivity contribution >= 4 is 40.6 Å². The summed E-state index contributed by atoms with van der Waals surface area (Å²) in [6, 6.07) is 6.77. The summed E-state index contributed by atoms with van der Waals surface area (Å²) in [5, 5.41) is 7.90. The molecule has 2 heterocycles. The van der Waals surface area contributed by atoms with Gasteiger partial charge in [0.2, 0.25) is 5.91 Å². The number of nitrogens with one attached hydrogen (secondary N) is 1. The van der Waals surface area contributed by atoms with Crippen LogP contribution < -0.4 is 5.32 Å². The summed E-state index contributed by atoms with van der Waals surface area (Å²) in [4.78, 5) is 20.7. The second-order valence-corrected chi connectivity index (χ2v) is 5.97. The van der Waals surface area contributed by atoms with Gasteiger partial charge in [0.25, 0.3) is 5.78 Å². The smallest absolute Gasteiger partial charge is 0.252 e. The largest absolute Gasteiger partial charge is 0.324 e. The molecular formula is C15H13Cl2N5O. The minimum Gasteiger partial charge on any atom is -0.324 e. The van der Waals surface area contributed by atoms with Gasteiger partial charge in [-0.2, -0.15) is 4.98 Å². The van der Waals surface area contributed by atoms with E-state index in [1.165, 1.54) is 0 Å². The number of benzene rings is 1. The fourth-order valence-corrected chi connectivity index (χ4v) is 2.67. The van der Waals surface area contributed by atoms with E-state index in [0.717, 1.165) is 11.4 Å². The first kappa shape index (κ1) is 15.7. The highest BCUT2D eigenvalue weighted by molar-refractivity contribution is 6.36. The van der Waals surface area contributed by atoms with Crippen LogP contribution in [0.15, 0.2) is 24.3 Å². The Hall–Kier alpha value is -2.18. The lowest BCUT2D eigenvalue weighted by Gasteiger charge is -2.06. The van der Waals surface area contributed by atoms with Crippen LogP contribution in [0.3, 0.4) is 0 Å². The first-order chi connectivity index (χ1) is 10.9. The van der Waals surface area contributed by atoms with Crippen molar-refractivity contribution in [1.82, 2.24) is 19.6 Å². The van der Waals surface area contributed by atoms with Gasteiger partial charge in [-0.1, -0.05) is 23.2 Å². The molecule has 0 aliphatic carbocycles. The Balaban J connectivity index is 1.79. The van der Waals surface area contributed by atoms with E-state index in [9.17, 15) is 4.79 Å². The highest BCUT2D eigenvalue weighted by Crippen LogP contribution is 2.25. The van der Waals surface area contributed by atoms with Crippen LogP contribution in [0.4, 0.5) is 5.69 Å². The number of hydrogen-bond acceptors (Lipinski definition) is 4. The maximum Gasteiger partial charge on any atom is 0.252 e. The topological polar surface area (TPSA) is 72.2 Å². The van der Waals surface area contributed by atoms with E-state index < -0.39 is 0 Å². The molecule has 0 spiro atoms. The van der Waals surface area contributed by atoms with Gasteiger partial charge in [0.1, 0.15) is 0 Å². The minimum atomic E-state index is -0.264. The molecule has 0 fully saturated rings. The molecule has 3 aromatic rings. The molecule has 1 aromatic carbocycles. The average molecular weight is 350 g/mol. The molecule has 0 radical (unpaired) electrons. The zero-order valence-corrected chi connectivity index (χ0v) is 14.0. The summed E-state index contributed by atoms with van der Waals surface area (Å²) in [5.41, 5.74) is 2.26. The molecule has 2 aromatic heterocycles. The summed E-state index contributed by atoms with van der Waals surface area (Å²) in [6.45, 7) is 3.80. The SMILES string of the molecule is Cc1cc(C)n2nc(CC(=O)Nc3ccc(Cl)cc3Cl)nc2n1. The Morgan fingerprint density at radius 3 is 2.74 bits per heavy atom. The van der Waals surface area contributed by atoms with E-state index in [1.807, 2.05) is 19.9 Å². The van der Waals surface area contributed by atoms with Crippen molar-refractivity contribution in [2.45, 2.75) is 20.3 Å². The molecule has 0 saturated heterocycles. The number of amides is 1. The third-order valence-electron chi connectivity index (χ3n) is 3.19. The van der Waals surface area contributed by atoms with Gasteiger partial charge in [-0.3, -0.25) is 4.79 Å². The Morgan fingerprint density at radius 1 is 1.22 bits per heavy atom. The summed E-state index contributed by atoms with van der Waals surface area (Å²) in [7, 11) is 0. The van der Waals surface area contributed by atoms with Crippen LogP contribution in [0.5, 0.6) is 0 Å². The van der Waals surface area contributed by atoms with E-state index in [-0.39, 0.29) is 12.3 Å². The molecule has 1 amide bonds. The molecule has 8 heteroatoms. The minimum absolute atomic E-state index is 0.0286. The number of fused-ring (bicyclic) bond motifs is 1. The fraction of sp³-hybridized carbons (Fsp3) is 0.200. The summed E-state index contributed by atoms with van der Waals surface area (Å²) in [5.74, 6) is 0.614. The standard InChI is InChI=1S/C15H13Cl2N5O/c1-8-5-9(2)22-15(18-8)20-13(21-22)7-14(23)19-12-4-3-10(16)6-11(12)17/h3-6H,7H2,1-2H3,(H,19,23). The average Bonchev–Trinajstić information content (AvgIpc) is 2.84. The maximum atomic E-state index is 12.1. The number of hydrogen-bond donors (Lipinski definition) is 1. The summed E-state index contributed by atoms with van der Waals surface area (Å²) >= 11 is 11.9. The molecule has 118 valence electrons. The van der Waals surface area contributed by atoms with Crippen LogP contribution >= 0.6 is 23.2 Å². The van der Waals surface area contributed by atoms with Gasteiger partial charge in [-0.25, -0.2) is 9.50 Å². The molecule has 0 bridgehead atoms. The molecule has 0 saturated carbocycles. The Bertz CT molecular complexity index is 906. The fourth-order valence-electron chi connectivity index (χ4n) is 2.21. The molecule has 0 aliphatic heterocycles. The van der Waals surface area contributed by atoms with Crippen LogP contribution in [0, 0.1) is 13.8 Å². The number of carbonyl (C=O) groups excluding carboxylic acids is 1. The highest BCUT2D eigenvalue weighted by atomic mass is 35.5. The van der Waals surface area contributed by atoms with Gasteiger partial charge in [0.15, 0.2) is 5.82 Å². The van der Waals surface area contributed by atoms with Crippen LogP contribution in [0.2, 0.25) is 10.0 Å². The first-order valence-corrected chi connectivity index (χ1v) is 7.63. The van der Waals surface area contributed by atoms with Crippen molar-refractivity contribution in [3.8, 4) is 0 Å². The van der Waals surface area contributed by atoms with E-state index in [1.54, 1.807) is 22.7 Å². The van der Waals surface area contributed by atoms with E-state index in [2.05, 4.69) is 20.4 Å². The molecule has 0 aliphatic rings. The predicted molar refractivity (Wildman–Crippen MR) is 89.1 cm³/mol. The third kappa shape index (κ3) is 3.43. The summed E-state index contributed by atoms with van der Waals surface area (Å²) in [6.07, 6.45) is 0.0286. The number of anilines is 1. The van der Waals surface area contributed by atoms with Crippen molar-refractivity contribution in [2.75, 3.05) is 5.32 Å². The van der Waals surface area contributed by atoms with Crippen molar-refractivity contribution in [2.24, 2.45) is 0 Å². The molecule has 0 unspecified atom stereocenters. The number of nitrogens with zero attached hydrogens (tertiary/aromatic N) is 4. The summed E-state index contributed by atoms with van der Waals surface area (Å²) < 4.78 is 1.62. The second-order valence-electron chi connectivity index (χ2n) is 5.13. The zero-order chi connectivity index (χ0) is 16.6. The molecule has 1 N–H and O–H groups in total. The lowest BCUT2D eigenvalue weighted by molar-refractivity contribution is -0.115. The van der Waals surface area contributed by atoms with Crippen LogP contribution in [0.1, 0.15) is 17.2 Å². The number of aromatic nitrogens is 4. The monoisotopic (exact) mass is 349 g/mol. The van der Waals surface area contributed by atoms with Gasteiger partial charge in [0.05, 0.1) is 17.1 Å². The second kappa shape index (κ2) is 6.14. The van der Waals surface area contributed by atoms with Crippen LogP contribution in [-0.4, -0.2) is 25.5 Å². The Morgan fingerprint density at radius 2 is 2.00 bits per heavy atom. The quantitative estimate of drug-likeness (QED) is 0.787. The first-order valence-electron chi connectivity index (χ1n) is 6.87. The lowest BCUT2D eigenvalue weighted by atomic mass is 10.3. The molecule has 0 atom stereocenters. The zero-order valence-electron chi connectivity index (χ0n) is 12.5. The molecular weight excluding hydrogens is 337 g/mol. The van der Waals surface area contributed by atoms with E-state index >= 15 is 0 Å². The van der Waals surface area contributed by atoms with E-state index in [0.29, 0.717) is 27.3 Å². The Labute approximate surface area is 142 Å². The van der Waals surface area contributed by atoms with Crippen molar-refractivity contribution in [3.63, 3.8) is 0 Å². The van der Waals surface area contributed by atoms with Gasteiger partial charge < -0.3 is 5.32 Å². The normalized spacial score (nSPS) is 11.0. The molecule has 3 rings (SSSR count). The van der Waals surface area contributed by atoms with Crippen molar-refractivity contribution in [1.29, 1.82) is 0 Å². The van der Waals surface area contributed by atoms with Crippen LogP contribution in [-0.2, 0) is 11.2 Å². The van der Waals surface area contributed by atoms with Gasteiger partial charge >= 0.3 is 0 Å². The van der Waals surface area contributed by atoms with E-state index in [4.69, 9.17) is 23.2 Å². The van der Waals surface area contributed by atoms with Gasteiger partial charge in [0, 0.05) is 16.4 Å². The highest BCUT2D eigenvalue weighted by Gasteiger charge is 2.13. The van der Waals surface area contributed by atoms with Crippen molar-refractivity contribution in [3.05, 3.63) is 51.5 Å². The van der Waals surface area contributed by atoms with Gasteiger partial charge in [-0.05, 0) is 38.1 Å². The number of carbonyl (C=O) groups is 1. The molecule has 23 heavy (non-hydrogen) atoms. The third-order valence-corrected chi connectivity index (χ3v) is 3.73. The molecule has 6 nitrogen and oxygen atoms in total. The lowest BCUT2D eigenvalue weighted by Crippen LogP contribution is -2.15. The number of aryl methyl sites for hydroxylation is 2. The van der Waals surface area contributed by atoms with Crippen LogP contribution in [0.25, 0.3) is 5.78 Å². The predicted octanol–water partition coefficient (Wildman–Crippen LogP) is 3.23. The number of rotatable bonds is 3. The maximum absolute atomic E-state index is 12.1. The number of halogens is 2. The van der Waals surface area contributed by atoms with Crippen molar-refractivity contribution < 1.29 is 4.79 Å². The Kier molecular flexibility index (Phi) is 4.19.